The number of urea groups is 1. The van der Waals surface area contributed by atoms with E-state index in [1.54, 1.807) is 20.2 Å². The van der Waals surface area contributed by atoms with Crippen molar-refractivity contribution >= 4 is 23.6 Å². The Balaban J connectivity index is 1.67. The van der Waals surface area contributed by atoms with E-state index in [0.717, 1.165) is 23.9 Å². The molecule has 0 bridgehead atoms. The zero-order chi connectivity index (χ0) is 18.4. The first kappa shape index (κ1) is 16.4. The Kier molecular flexibility index (Phi) is 3.82. The molecule has 3 aliphatic rings. The molecule has 0 spiro atoms. The monoisotopic (exact) mass is 355 g/mol. The summed E-state index contributed by atoms with van der Waals surface area (Å²) in [6.07, 6.45) is 1.06. The van der Waals surface area contributed by atoms with Gasteiger partial charge in [0.25, 0.3) is 5.91 Å². The van der Waals surface area contributed by atoms with Crippen LogP contribution in [0.4, 0.5) is 10.5 Å². The number of fused-ring (bicyclic) bond motifs is 3. The zero-order valence-electron chi connectivity index (χ0n) is 14.8. The molecule has 1 aromatic carbocycles. The Morgan fingerprint density at radius 3 is 2.88 bits per heavy atom. The predicted octanol–water partition coefficient (Wildman–Crippen LogP) is 0.962. The first-order valence-corrected chi connectivity index (χ1v) is 8.52. The minimum Gasteiger partial charge on any atom is -0.497 e. The smallest absolute Gasteiger partial charge is 0.328 e. The Hall–Kier alpha value is -3.03. The van der Waals surface area contributed by atoms with Crippen LogP contribution in [0.25, 0.3) is 0 Å². The number of nitrogens with zero attached hydrogens (tertiary/aromatic N) is 5. The molecule has 3 aliphatic heterocycles. The lowest BCUT2D eigenvalue weighted by Crippen LogP contribution is -2.64. The highest BCUT2D eigenvalue weighted by molar-refractivity contribution is 6.08. The average Bonchev–Trinajstić information content (AvgIpc) is 3.22. The maximum atomic E-state index is 12.9. The lowest BCUT2D eigenvalue weighted by atomic mass is 10.1. The van der Waals surface area contributed by atoms with E-state index in [-0.39, 0.29) is 18.5 Å². The second-order valence-electron chi connectivity index (χ2n) is 6.47. The summed E-state index contributed by atoms with van der Waals surface area (Å²) in [6, 6.07) is 6.91. The van der Waals surface area contributed by atoms with Crippen molar-refractivity contribution in [1.29, 1.82) is 0 Å². The van der Waals surface area contributed by atoms with Gasteiger partial charge in [0.15, 0.2) is 12.2 Å². The number of benzene rings is 1. The van der Waals surface area contributed by atoms with Gasteiger partial charge >= 0.3 is 6.03 Å². The number of anilines is 1. The lowest BCUT2D eigenvalue weighted by Gasteiger charge is -2.40. The van der Waals surface area contributed by atoms with Crippen molar-refractivity contribution in [2.24, 2.45) is 4.99 Å². The average molecular weight is 355 g/mol. The number of carbonyl (C=O) groups is 2. The van der Waals surface area contributed by atoms with Gasteiger partial charge in [0.1, 0.15) is 5.75 Å². The second kappa shape index (κ2) is 6.05. The highest BCUT2D eigenvalue weighted by Crippen LogP contribution is 2.34. The third kappa shape index (κ3) is 2.25. The highest BCUT2D eigenvalue weighted by Gasteiger charge is 2.54. The second-order valence-corrected chi connectivity index (χ2v) is 6.47. The maximum absolute atomic E-state index is 12.9. The van der Waals surface area contributed by atoms with Crippen LogP contribution < -0.4 is 9.64 Å². The van der Waals surface area contributed by atoms with Crippen molar-refractivity contribution in [2.75, 3.05) is 38.7 Å². The minimum absolute atomic E-state index is 0.202. The fourth-order valence-electron chi connectivity index (χ4n) is 3.76. The topological polar surface area (TPSA) is 68.7 Å². The summed E-state index contributed by atoms with van der Waals surface area (Å²) >= 11 is 0. The van der Waals surface area contributed by atoms with Crippen molar-refractivity contribution in [3.63, 3.8) is 0 Å². The van der Waals surface area contributed by atoms with Crippen LogP contribution in [0.2, 0.25) is 0 Å². The van der Waals surface area contributed by atoms with E-state index in [1.165, 1.54) is 9.80 Å². The summed E-state index contributed by atoms with van der Waals surface area (Å²) in [5, 5.41) is 0. The lowest BCUT2D eigenvalue weighted by molar-refractivity contribution is -0.136. The molecular weight excluding hydrogens is 334 g/mol. The van der Waals surface area contributed by atoms with Crippen LogP contribution in [0.3, 0.4) is 0 Å². The van der Waals surface area contributed by atoms with Gasteiger partial charge in [-0.2, -0.15) is 0 Å². The molecule has 2 saturated heterocycles. The highest BCUT2D eigenvalue weighted by atomic mass is 16.5. The zero-order valence-corrected chi connectivity index (χ0v) is 14.8. The quantitative estimate of drug-likeness (QED) is 0.753. The van der Waals surface area contributed by atoms with Crippen LogP contribution in [0, 0.1) is 0 Å². The van der Waals surface area contributed by atoms with E-state index >= 15 is 0 Å². The molecule has 136 valence electrons. The molecule has 0 aliphatic carbocycles. The summed E-state index contributed by atoms with van der Waals surface area (Å²) in [6.45, 7) is 5.24. The summed E-state index contributed by atoms with van der Waals surface area (Å²) in [4.78, 5) is 36.9. The molecular formula is C18H21N5O3. The van der Waals surface area contributed by atoms with Crippen LogP contribution >= 0.6 is 0 Å². The van der Waals surface area contributed by atoms with E-state index in [0.29, 0.717) is 6.54 Å². The van der Waals surface area contributed by atoms with Gasteiger partial charge in [-0.1, -0.05) is 12.1 Å². The molecule has 2 fully saturated rings. The van der Waals surface area contributed by atoms with Gasteiger partial charge in [-0.05, 0) is 12.1 Å². The molecule has 0 saturated carbocycles. The SMILES string of the molecule is C=CCN1C(=O)C2C(N=C3N(c4cccc(OC)c4)CCN32)N(C)C1=O. The van der Waals surface area contributed by atoms with Gasteiger partial charge in [0, 0.05) is 38.4 Å². The Bertz CT molecular complexity index is 808. The number of carbonyl (C=O) groups excluding carboxylic acids is 2. The summed E-state index contributed by atoms with van der Waals surface area (Å²) in [5.74, 6) is 1.27. The molecule has 1 aromatic rings. The Morgan fingerprint density at radius 2 is 2.15 bits per heavy atom. The molecule has 26 heavy (non-hydrogen) atoms. The van der Waals surface area contributed by atoms with Crippen LogP contribution in [-0.2, 0) is 4.79 Å². The first-order chi connectivity index (χ1) is 12.6. The Labute approximate surface area is 151 Å². The number of imide groups is 1. The Morgan fingerprint density at radius 1 is 1.35 bits per heavy atom. The number of likely N-dealkylation sites (N-methyl/N-ethyl adjacent to an activating group) is 1. The van der Waals surface area contributed by atoms with Crippen molar-refractivity contribution in [2.45, 2.75) is 12.2 Å². The summed E-state index contributed by atoms with van der Waals surface area (Å²) in [5.41, 5.74) is 0.952. The van der Waals surface area contributed by atoms with Gasteiger partial charge in [-0.3, -0.25) is 9.69 Å². The number of guanidine groups is 1. The normalized spacial score (nSPS) is 24.6. The van der Waals surface area contributed by atoms with Crippen molar-refractivity contribution < 1.29 is 14.3 Å². The van der Waals surface area contributed by atoms with Crippen molar-refractivity contribution in [3.05, 3.63) is 36.9 Å². The molecule has 0 N–H and O–H groups in total. The number of methoxy groups -OCH3 is 1. The van der Waals surface area contributed by atoms with Crippen molar-refractivity contribution in [3.8, 4) is 5.75 Å². The van der Waals surface area contributed by atoms with E-state index in [9.17, 15) is 9.59 Å². The van der Waals surface area contributed by atoms with Crippen molar-refractivity contribution in [1.82, 2.24) is 14.7 Å². The molecule has 4 rings (SSSR count). The van der Waals surface area contributed by atoms with Crippen LogP contribution in [-0.4, -0.2) is 78.6 Å². The standard InChI is InChI=1S/C18H21N5O3/c1-4-8-23-16(24)14-15(20(2)18(23)25)19-17-21(9-10-22(14)17)12-6-5-7-13(11-12)26-3/h4-7,11,14-15H,1,8-10H2,2-3H3. The fraction of sp³-hybridized carbons (Fsp3) is 0.389. The van der Waals surface area contributed by atoms with Gasteiger partial charge in [-0.25, -0.2) is 9.79 Å². The van der Waals surface area contributed by atoms with E-state index < -0.39 is 12.2 Å². The van der Waals surface area contributed by atoms with Crippen LogP contribution in [0.5, 0.6) is 5.75 Å². The molecule has 0 aromatic heterocycles. The van der Waals surface area contributed by atoms with Crippen LogP contribution in [0.1, 0.15) is 0 Å². The number of rotatable bonds is 4. The number of amides is 3. The summed E-state index contributed by atoms with van der Waals surface area (Å²) < 4.78 is 5.31. The first-order valence-electron chi connectivity index (χ1n) is 8.52. The third-order valence-corrected chi connectivity index (χ3v) is 5.05. The molecule has 3 heterocycles. The number of aliphatic imine (C=N–C) groups is 1. The molecule has 2 atom stereocenters. The van der Waals surface area contributed by atoms with Gasteiger partial charge in [0.2, 0.25) is 5.96 Å². The third-order valence-electron chi connectivity index (χ3n) is 5.05. The molecule has 0 radical (unpaired) electrons. The number of ether oxygens (including phenoxy) is 1. The predicted molar refractivity (Wildman–Crippen MR) is 97.1 cm³/mol. The van der Waals surface area contributed by atoms with Crippen LogP contribution in [0.15, 0.2) is 41.9 Å². The number of hydrogen-bond donors (Lipinski definition) is 0. The van der Waals surface area contributed by atoms with E-state index in [2.05, 4.69) is 11.5 Å². The molecule has 3 amide bonds. The van der Waals surface area contributed by atoms with Gasteiger partial charge in [-0.15, -0.1) is 6.58 Å². The van der Waals surface area contributed by atoms with Gasteiger partial charge in [0.05, 0.1) is 7.11 Å². The molecule has 2 unspecified atom stereocenters. The van der Waals surface area contributed by atoms with E-state index in [4.69, 9.17) is 9.73 Å². The number of hydrogen-bond acceptors (Lipinski definition) is 6. The van der Waals surface area contributed by atoms with Gasteiger partial charge < -0.3 is 19.4 Å². The molecule has 8 nitrogen and oxygen atoms in total. The summed E-state index contributed by atoms with van der Waals surface area (Å²) in [7, 11) is 3.31. The fourth-order valence-corrected chi connectivity index (χ4v) is 3.76. The largest absolute Gasteiger partial charge is 0.497 e. The maximum Gasteiger partial charge on any atom is 0.328 e. The molecule has 8 heteroatoms. The minimum atomic E-state index is -0.500. The van der Waals surface area contributed by atoms with E-state index in [1.807, 2.05) is 29.2 Å².